The molecule has 1 atom stereocenters. The number of H-pyrrole nitrogens is 1. The fourth-order valence-corrected chi connectivity index (χ4v) is 4.53. The lowest BCUT2D eigenvalue weighted by Crippen LogP contribution is -2.22. The first kappa shape index (κ1) is 23.4. The number of aryl methyl sites for hydroxylation is 1. The normalized spacial score (nSPS) is 14.8. The molecule has 1 aromatic heterocycles. The van der Waals surface area contributed by atoms with Gasteiger partial charge in [-0.1, -0.05) is 47.7 Å². The molecule has 8 heteroatoms. The lowest BCUT2D eigenvalue weighted by molar-refractivity contribution is 0.0960. The van der Waals surface area contributed by atoms with Crippen LogP contribution in [0.2, 0.25) is 0 Å². The highest BCUT2D eigenvalue weighted by atomic mass is 16.5. The van der Waals surface area contributed by atoms with Gasteiger partial charge in [-0.2, -0.15) is 5.21 Å². The molecule has 0 aliphatic heterocycles. The van der Waals surface area contributed by atoms with Crippen molar-refractivity contribution in [1.29, 1.82) is 0 Å². The Morgan fingerprint density at radius 1 is 0.972 bits per heavy atom. The number of Topliss-reactive ketones (excluding diaryl/α,β-unsaturated/α-hetero) is 1. The summed E-state index contributed by atoms with van der Waals surface area (Å²) in [5.41, 5.74) is 3.90. The zero-order chi connectivity index (χ0) is 24.7. The van der Waals surface area contributed by atoms with Crippen LogP contribution >= 0.6 is 0 Å². The van der Waals surface area contributed by atoms with Gasteiger partial charge in [-0.3, -0.25) is 9.59 Å². The number of fused-ring (bicyclic) bond motifs is 1. The van der Waals surface area contributed by atoms with Crippen molar-refractivity contribution in [2.75, 3.05) is 11.9 Å². The number of rotatable bonds is 9. The maximum Gasteiger partial charge on any atom is 0.255 e. The zero-order valence-electron chi connectivity index (χ0n) is 19.8. The third-order valence-electron chi connectivity index (χ3n) is 6.42. The van der Waals surface area contributed by atoms with Gasteiger partial charge in [0.25, 0.3) is 5.91 Å². The smallest absolute Gasteiger partial charge is 0.255 e. The SMILES string of the molecule is O=C(Nc1cccc2c1CC(c1nn[nH]n1)CC2=O)c1ccc(OCCCCc2ccccc2)cc1. The number of hydrogen-bond donors (Lipinski definition) is 2. The summed E-state index contributed by atoms with van der Waals surface area (Å²) in [6.45, 7) is 0.629. The Morgan fingerprint density at radius 3 is 2.58 bits per heavy atom. The summed E-state index contributed by atoms with van der Waals surface area (Å²) in [4.78, 5) is 25.7. The van der Waals surface area contributed by atoms with Crippen molar-refractivity contribution < 1.29 is 14.3 Å². The van der Waals surface area contributed by atoms with Gasteiger partial charge in [-0.25, -0.2) is 0 Å². The van der Waals surface area contributed by atoms with Crippen LogP contribution in [0.15, 0.2) is 72.8 Å². The summed E-state index contributed by atoms with van der Waals surface area (Å²) in [7, 11) is 0. The van der Waals surface area contributed by atoms with Crippen molar-refractivity contribution in [3.63, 3.8) is 0 Å². The minimum Gasteiger partial charge on any atom is -0.494 e. The Hall–Kier alpha value is -4.33. The van der Waals surface area contributed by atoms with Crippen molar-refractivity contribution >= 4 is 17.4 Å². The number of nitrogens with zero attached hydrogens (tertiary/aromatic N) is 3. The molecule has 0 radical (unpaired) electrons. The molecule has 8 nitrogen and oxygen atoms in total. The maximum absolute atomic E-state index is 13.0. The van der Waals surface area contributed by atoms with Crippen LogP contribution in [-0.2, 0) is 12.8 Å². The van der Waals surface area contributed by atoms with Gasteiger partial charge < -0.3 is 10.1 Å². The molecule has 3 aromatic carbocycles. The molecular weight excluding hydrogens is 454 g/mol. The highest BCUT2D eigenvalue weighted by molar-refractivity contribution is 6.07. The predicted molar refractivity (Wildman–Crippen MR) is 135 cm³/mol. The Bertz CT molecular complexity index is 1320. The summed E-state index contributed by atoms with van der Waals surface area (Å²) in [5, 5.41) is 17.1. The number of benzene rings is 3. The number of nitrogens with one attached hydrogen (secondary N) is 2. The number of amides is 1. The van der Waals surface area contributed by atoms with Gasteiger partial charge in [-0.05, 0) is 67.1 Å². The lowest BCUT2D eigenvalue weighted by Gasteiger charge is -2.23. The topological polar surface area (TPSA) is 110 Å². The highest BCUT2D eigenvalue weighted by Gasteiger charge is 2.30. The Kier molecular flexibility index (Phi) is 7.12. The van der Waals surface area contributed by atoms with Gasteiger partial charge in [0.05, 0.1) is 6.61 Å². The predicted octanol–water partition coefficient (Wildman–Crippen LogP) is 4.77. The molecule has 1 amide bonds. The number of ether oxygens (including phenoxy) is 1. The maximum atomic E-state index is 13.0. The molecule has 36 heavy (non-hydrogen) atoms. The second kappa shape index (κ2) is 10.9. The van der Waals surface area contributed by atoms with E-state index in [4.69, 9.17) is 4.74 Å². The van der Waals surface area contributed by atoms with E-state index in [-0.39, 0.29) is 17.6 Å². The second-order valence-electron chi connectivity index (χ2n) is 8.90. The van der Waals surface area contributed by atoms with Gasteiger partial charge in [0.15, 0.2) is 11.6 Å². The zero-order valence-corrected chi connectivity index (χ0v) is 19.8. The Morgan fingerprint density at radius 2 is 1.81 bits per heavy atom. The summed E-state index contributed by atoms with van der Waals surface area (Å²) in [6.07, 6.45) is 3.92. The van der Waals surface area contributed by atoms with Crippen molar-refractivity contribution in [2.24, 2.45) is 0 Å². The average Bonchev–Trinajstić information content (AvgIpc) is 3.45. The summed E-state index contributed by atoms with van der Waals surface area (Å²) >= 11 is 0. The number of anilines is 1. The fourth-order valence-electron chi connectivity index (χ4n) is 4.53. The second-order valence-corrected chi connectivity index (χ2v) is 8.90. The molecular formula is C28H27N5O3. The van der Waals surface area contributed by atoms with Gasteiger partial charge in [0.2, 0.25) is 0 Å². The van der Waals surface area contributed by atoms with Crippen LogP contribution in [0.4, 0.5) is 5.69 Å². The molecule has 0 saturated carbocycles. The average molecular weight is 482 g/mol. The molecule has 0 bridgehead atoms. The van der Waals surface area contributed by atoms with Crippen molar-refractivity contribution in [3.8, 4) is 5.75 Å². The van der Waals surface area contributed by atoms with Crippen molar-refractivity contribution in [1.82, 2.24) is 20.6 Å². The van der Waals surface area contributed by atoms with Crippen LogP contribution in [0, 0.1) is 0 Å². The molecule has 4 aromatic rings. The van der Waals surface area contributed by atoms with E-state index in [2.05, 4.69) is 50.2 Å². The number of aromatic amines is 1. The summed E-state index contributed by atoms with van der Waals surface area (Å²) in [5.74, 6) is 0.827. The van der Waals surface area contributed by atoms with Crippen molar-refractivity contribution in [3.05, 3.63) is 101 Å². The van der Waals surface area contributed by atoms with Gasteiger partial charge in [-0.15, -0.1) is 10.2 Å². The number of hydrogen-bond acceptors (Lipinski definition) is 6. The number of carbonyl (C=O) groups is 2. The van der Waals surface area contributed by atoms with Crippen molar-refractivity contribution in [2.45, 2.75) is 38.0 Å². The molecule has 0 fully saturated rings. The largest absolute Gasteiger partial charge is 0.494 e. The van der Waals surface area contributed by atoms with Gasteiger partial charge in [0, 0.05) is 29.2 Å². The molecule has 182 valence electrons. The number of unbranched alkanes of at least 4 members (excludes halogenated alkanes) is 1. The number of carbonyl (C=O) groups excluding carboxylic acids is 2. The fraction of sp³-hybridized carbons (Fsp3) is 0.250. The third kappa shape index (κ3) is 5.49. The van der Waals surface area contributed by atoms with E-state index in [1.165, 1.54) is 5.56 Å². The monoisotopic (exact) mass is 481 g/mol. The van der Waals surface area contributed by atoms with E-state index in [0.717, 1.165) is 30.6 Å². The molecule has 0 saturated heterocycles. The van der Waals surface area contributed by atoms with Gasteiger partial charge >= 0.3 is 0 Å². The van der Waals surface area contributed by atoms with E-state index >= 15 is 0 Å². The quantitative estimate of drug-likeness (QED) is 0.333. The van der Waals surface area contributed by atoms with E-state index in [9.17, 15) is 9.59 Å². The van der Waals surface area contributed by atoms with E-state index in [1.807, 2.05) is 24.3 Å². The van der Waals surface area contributed by atoms with Crippen LogP contribution in [0.1, 0.15) is 62.8 Å². The first-order valence-electron chi connectivity index (χ1n) is 12.1. The van der Waals surface area contributed by atoms with Crippen LogP contribution in [0.3, 0.4) is 0 Å². The molecule has 5 rings (SSSR count). The van der Waals surface area contributed by atoms with E-state index in [0.29, 0.717) is 42.1 Å². The van der Waals surface area contributed by atoms with E-state index in [1.54, 1.807) is 24.3 Å². The van der Waals surface area contributed by atoms with E-state index < -0.39 is 0 Å². The number of tetrazole rings is 1. The Balaban J connectivity index is 1.17. The molecule has 1 unspecified atom stereocenters. The van der Waals surface area contributed by atoms with Gasteiger partial charge in [0.1, 0.15) is 5.75 Å². The summed E-state index contributed by atoms with van der Waals surface area (Å²) < 4.78 is 5.84. The minimum atomic E-state index is -0.244. The Labute approximate surface area is 209 Å². The molecule has 0 spiro atoms. The summed E-state index contributed by atoms with van der Waals surface area (Å²) in [6, 6.07) is 22.9. The highest BCUT2D eigenvalue weighted by Crippen LogP contribution is 2.35. The van der Waals surface area contributed by atoms with Crippen LogP contribution in [-0.4, -0.2) is 38.9 Å². The first-order chi connectivity index (χ1) is 17.7. The molecule has 1 aliphatic rings. The molecule has 1 heterocycles. The standard InChI is InChI=1S/C28H27N5O3/c34-26-18-21(27-30-32-33-31-27)17-24-23(26)10-6-11-25(24)29-28(35)20-12-14-22(15-13-20)36-16-5-4-9-19-7-2-1-3-8-19/h1-3,6-8,10-15,21H,4-5,9,16-18H2,(H,29,35)(H,30,31,32,33). The first-order valence-corrected chi connectivity index (χ1v) is 12.1. The number of ketones is 1. The third-order valence-corrected chi connectivity index (χ3v) is 6.42. The van der Waals surface area contributed by atoms with Crippen LogP contribution in [0.25, 0.3) is 0 Å². The minimum absolute atomic E-state index is 0.00687. The molecule has 2 N–H and O–H groups in total. The molecule has 1 aliphatic carbocycles. The van der Waals surface area contributed by atoms with Crippen LogP contribution < -0.4 is 10.1 Å². The lowest BCUT2D eigenvalue weighted by atomic mass is 9.81. The number of aromatic nitrogens is 4. The van der Waals surface area contributed by atoms with Crippen LogP contribution in [0.5, 0.6) is 5.75 Å².